The van der Waals surface area contributed by atoms with Gasteiger partial charge in [0.05, 0.1) is 0 Å². The Morgan fingerprint density at radius 2 is 1.55 bits per heavy atom. The predicted octanol–water partition coefficient (Wildman–Crippen LogP) is 1.53. The number of aliphatic carboxylic acids is 1. The highest BCUT2D eigenvalue weighted by molar-refractivity contribution is 5.92. The molecule has 0 bridgehead atoms. The first-order valence-electron chi connectivity index (χ1n) is 7.11. The summed E-state index contributed by atoms with van der Waals surface area (Å²) in [7, 11) is 0. The Kier molecular flexibility index (Phi) is 6.10. The van der Waals surface area contributed by atoms with Crippen LogP contribution in [-0.2, 0) is 14.4 Å². The molecule has 0 aliphatic heterocycles. The molecule has 0 aromatic heterocycles. The molecule has 120 valence electrons. The molecule has 0 aliphatic carbocycles. The van der Waals surface area contributed by atoms with Crippen molar-refractivity contribution < 1.29 is 19.5 Å². The van der Waals surface area contributed by atoms with Crippen molar-refractivity contribution in [3.05, 3.63) is 24.3 Å². The van der Waals surface area contributed by atoms with Crippen LogP contribution in [0, 0.1) is 5.41 Å². The molecule has 0 spiro atoms. The molecule has 0 heterocycles. The van der Waals surface area contributed by atoms with E-state index in [2.05, 4.69) is 10.6 Å². The van der Waals surface area contributed by atoms with E-state index in [1.807, 2.05) is 6.92 Å². The second-order valence-corrected chi connectivity index (χ2v) is 5.70. The van der Waals surface area contributed by atoms with E-state index in [9.17, 15) is 19.5 Å². The molecule has 0 saturated carbocycles. The summed E-state index contributed by atoms with van der Waals surface area (Å²) in [6, 6.07) is 6.70. The van der Waals surface area contributed by atoms with Crippen molar-refractivity contribution in [1.29, 1.82) is 0 Å². The van der Waals surface area contributed by atoms with E-state index in [0.717, 1.165) is 0 Å². The van der Waals surface area contributed by atoms with Gasteiger partial charge < -0.3 is 20.5 Å². The van der Waals surface area contributed by atoms with Crippen LogP contribution in [0.1, 0.15) is 40.0 Å². The molecular formula is C16H21N2O4-. The Morgan fingerprint density at radius 3 is 1.95 bits per heavy atom. The highest BCUT2D eigenvalue weighted by atomic mass is 16.4. The summed E-state index contributed by atoms with van der Waals surface area (Å²) in [5, 5.41) is 16.1. The van der Waals surface area contributed by atoms with Gasteiger partial charge in [-0.3, -0.25) is 9.59 Å². The van der Waals surface area contributed by atoms with Gasteiger partial charge in [-0.1, -0.05) is 13.8 Å². The number of carboxylic acid groups (broad SMARTS) is 1. The minimum atomic E-state index is -1.16. The van der Waals surface area contributed by atoms with E-state index in [4.69, 9.17) is 0 Å². The molecule has 6 heteroatoms. The second kappa shape index (κ2) is 7.59. The zero-order valence-electron chi connectivity index (χ0n) is 13.1. The molecule has 2 N–H and O–H groups in total. The van der Waals surface area contributed by atoms with Gasteiger partial charge in [0.2, 0.25) is 11.8 Å². The fraction of sp³-hybridized carbons (Fsp3) is 0.438. The van der Waals surface area contributed by atoms with Gasteiger partial charge in [-0.05, 0) is 42.5 Å². The molecule has 0 fully saturated rings. The van der Waals surface area contributed by atoms with Gasteiger partial charge in [0.1, 0.15) is 0 Å². The molecule has 1 aromatic rings. The molecule has 0 unspecified atom stereocenters. The first kappa shape index (κ1) is 17.7. The largest absolute Gasteiger partial charge is 0.550 e. The summed E-state index contributed by atoms with van der Waals surface area (Å²) in [5.41, 5.74) is 0.603. The molecule has 6 nitrogen and oxygen atoms in total. The van der Waals surface area contributed by atoms with E-state index in [-0.39, 0.29) is 24.7 Å². The van der Waals surface area contributed by atoms with Gasteiger partial charge >= 0.3 is 0 Å². The number of carbonyl (C=O) groups is 3. The van der Waals surface area contributed by atoms with Crippen molar-refractivity contribution in [2.45, 2.75) is 40.0 Å². The maximum atomic E-state index is 12.0. The van der Waals surface area contributed by atoms with Crippen LogP contribution in [-0.4, -0.2) is 17.8 Å². The third kappa shape index (κ3) is 5.95. The van der Waals surface area contributed by atoms with Crippen LogP contribution in [0.15, 0.2) is 24.3 Å². The number of benzene rings is 1. The van der Waals surface area contributed by atoms with Crippen LogP contribution >= 0.6 is 0 Å². The first-order chi connectivity index (χ1) is 10.2. The highest BCUT2D eigenvalue weighted by Gasteiger charge is 2.25. The van der Waals surface area contributed by atoms with Crippen molar-refractivity contribution in [3.63, 3.8) is 0 Å². The fourth-order valence-electron chi connectivity index (χ4n) is 2.09. The van der Waals surface area contributed by atoms with E-state index < -0.39 is 11.4 Å². The van der Waals surface area contributed by atoms with E-state index in [1.165, 1.54) is 6.92 Å². The molecule has 0 radical (unpaired) electrons. The number of hydrogen-bond donors (Lipinski definition) is 2. The number of rotatable bonds is 7. The van der Waals surface area contributed by atoms with Crippen LogP contribution in [0.3, 0.4) is 0 Å². The average Bonchev–Trinajstić information content (AvgIpc) is 2.39. The molecule has 1 rings (SSSR count). The molecule has 1 aromatic carbocycles. The topological polar surface area (TPSA) is 98.3 Å². The molecule has 2 amide bonds. The summed E-state index contributed by atoms with van der Waals surface area (Å²) < 4.78 is 0. The molecule has 22 heavy (non-hydrogen) atoms. The average molecular weight is 305 g/mol. The Morgan fingerprint density at radius 1 is 1.05 bits per heavy atom. The lowest BCUT2D eigenvalue weighted by molar-refractivity contribution is -0.308. The smallest absolute Gasteiger partial charge is 0.224 e. The van der Waals surface area contributed by atoms with Crippen molar-refractivity contribution >= 4 is 29.2 Å². The van der Waals surface area contributed by atoms with E-state index in [1.54, 1.807) is 31.2 Å². The molecular weight excluding hydrogens is 284 g/mol. The predicted molar refractivity (Wildman–Crippen MR) is 82.0 cm³/mol. The quantitative estimate of drug-likeness (QED) is 0.798. The lowest BCUT2D eigenvalue weighted by Crippen LogP contribution is -2.33. The summed E-state index contributed by atoms with van der Waals surface area (Å²) in [5.74, 6) is -1.58. The SMILES string of the molecule is CC[C@](C)(CC(=O)[O-])CC(=O)Nc1ccc(NC(C)=O)cc1. The zero-order chi connectivity index (χ0) is 16.8. The van der Waals surface area contributed by atoms with Gasteiger partial charge in [-0.15, -0.1) is 0 Å². The lowest BCUT2D eigenvalue weighted by atomic mass is 9.80. The monoisotopic (exact) mass is 305 g/mol. The lowest BCUT2D eigenvalue weighted by Gasteiger charge is -2.28. The maximum absolute atomic E-state index is 12.0. The fourth-order valence-corrected chi connectivity index (χ4v) is 2.09. The Hall–Kier alpha value is -2.37. The molecule has 0 saturated heterocycles. The highest BCUT2D eigenvalue weighted by Crippen LogP contribution is 2.30. The van der Waals surface area contributed by atoms with Gasteiger partial charge in [-0.25, -0.2) is 0 Å². The number of carbonyl (C=O) groups excluding carboxylic acids is 3. The number of anilines is 2. The minimum absolute atomic E-state index is 0.102. The van der Waals surface area contributed by atoms with Crippen molar-refractivity contribution in [2.24, 2.45) is 5.41 Å². The van der Waals surface area contributed by atoms with E-state index >= 15 is 0 Å². The van der Waals surface area contributed by atoms with Crippen molar-refractivity contribution in [2.75, 3.05) is 10.6 Å². The number of nitrogens with one attached hydrogen (secondary N) is 2. The van der Waals surface area contributed by atoms with Crippen molar-refractivity contribution in [3.8, 4) is 0 Å². The third-order valence-corrected chi connectivity index (χ3v) is 3.50. The summed E-state index contributed by atoms with van der Waals surface area (Å²) in [6.45, 7) is 5.01. The number of hydrogen-bond acceptors (Lipinski definition) is 4. The van der Waals surface area contributed by atoms with Crippen molar-refractivity contribution in [1.82, 2.24) is 0 Å². The van der Waals surface area contributed by atoms with Gasteiger partial charge in [0, 0.05) is 30.7 Å². The van der Waals surface area contributed by atoms with Gasteiger partial charge in [-0.2, -0.15) is 0 Å². The zero-order valence-corrected chi connectivity index (χ0v) is 13.1. The Labute approximate surface area is 129 Å². The summed E-state index contributed by atoms with van der Waals surface area (Å²) in [6.07, 6.45) is 0.513. The first-order valence-corrected chi connectivity index (χ1v) is 7.11. The van der Waals surface area contributed by atoms with Gasteiger partial charge in [0.25, 0.3) is 0 Å². The summed E-state index contributed by atoms with van der Waals surface area (Å²) in [4.78, 5) is 33.7. The number of carboxylic acids is 1. The molecule has 0 aliphatic rings. The van der Waals surface area contributed by atoms with Crippen LogP contribution in [0.25, 0.3) is 0 Å². The third-order valence-electron chi connectivity index (χ3n) is 3.50. The van der Waals surface area contributed by atoms with E-state index in [0.29, 0.717) is 17.8 Å². The molecule has 1 atom stereocenters. The number of amides is 2. The maximum Gasteiger partial charge on any atom is 0.224 e. The van der Waals surface area contributed by atoms with Gasteiger partial charge in [0.15, 0.2) is 0 Å². The minimum Gasteiger partial charge on any atom is -0.550 e. The summed E-state index contributed by atoms with van der Waals surface area (Å²) >= 11 is 0. The van der Waals surface area contributed by atoms with Crippen LogP contribution in [0.4, 0.5) is 11.4 Å². The normalized spacial score (nSPS) is 13.0. The Bertz CT molecular complexity index is 554. The second-order valence-electron chi connectivity index (χ2n) is 5.70. The van der Waals surface area contributed by atoms with Crippen LogP contribution in [0.5, 0.6) is 0 Å². The van der Waals surface area contributed by atoms with Crippen LogP contribution in [0.2, 0.25) is 0 Å². The Balaban J connectivity index is 2.64. The van der Waals surface area contributed by atoms with Crippen LogP contribution < -0.4 is 15.7 Å². The standard InChI is InChI=1S/C16H22N2O4/c1-4-16(3,10-15(21)22)9-14(20)18-13-7-5-12(6-8-13)17-11(2)19/h5-8H,4,9-10H2,1-3H3,(H,17,19)(H,18,20)(H,21,22)/p-1/t16-/m0/s1.